The lowest BCUT2D eigenvalue weighted by molar-refractivity contribution is -0.254. The summed E-state index contributed by atoms with van der Waals surface area (Å²) >= 11 is 15.4. The third-order valence-corrected chi connectivity index (χ3v) is 4.93. The van der Waals surface area contributed by atoms with Crippen LogP contribution in [0.5, 0.6) is 0 Å². The Bertz CT molecular complexity index is 1180. The largest absolute Gasteiger partial charge is 0.545 e. The molecule has 0 unspecified atom stereocenters. The smallest absolute Gasteiger partial charge is 0.153 e. The number of rotatable bonds is 3. The minimum atomic E-state index is -1.28. The molecule has 0 aliphatic carbocycles. The molecule has 0 bridgehead atoms. The van der Waals surface area contributed by atoms with Crippen molar-refractivity contribution in [1.82, 2.24) is 4.98 Å². The maximum absolute atomic E-state index is 11.6. The molecule has 0 fully saturated rings. The number of nitrogens with zero attached hydrogens (tertiary/aromatic N) is 1. The van der Waals surface area contributed by atoms with Gasteiger partial charge in [-0.3, -0.25) is 0 Å². The van der Waals surface area contributed by atoms with E-state index in [1.807, 2.05) is 0 Å². The van der Waals surface area contributed by atoms with Gasteiger partial charge in [-0.25, -0.2) is 4.98 Å². The minimum absolute atomic E-state index is 0.0417. The van der Waals surface area contributed by atoms with Gasteiger partial charge in [0.1, 0.15) is 11.5 Å². The van der Waals surface area contributed by atoms with Gasteiger partial charge in [-0.15, -0.1) is 0 Å². The molecule has 2 aromatic heterocycles. The highest BCUT2D eigenvalue weighted by molar-refractivity contribution is 9.10. The maximum Gasteiger partial charge on any atom is 0.153 e. The van der Waals surface area contributed by atoms with Crippen LogP contribution in [0.4, 0.5) is 0 Å². The van der Waals surface area contributed by atoms with Crippen LogP contribution in [-0.4, -0.2) is 11.0 Å². The molecule has 2 heterocycles. The van der Waals surface area contributed by atoms with E-state index in [4.69, 9.17) is 27.6 Å². The number of fused-ring (bicyclic) bond motifs is 1. The Labute approximate surface area is 172 Å². The van der Waals surface area contributed by atoms with E-state index >= 15 is 0 Å². The fraction of sp³-hybridized carbons (Fsp3) is 0. The zero-order valence-corrected chi connectivity index (χ0v) is 16.6. The van der Waals surface area contributed by atoms with Crippen molar-refractivity contribution in [1.29, 1.82) is 0 Å². The Morgan fingerprint density at radius 2 is 1.67 bits per heavy atom. The van der Waals surface area contributed by atoms with Crippen LogP contribution in [0.25, 0.3) is 33.7 Å². The van der Waals surface area contributed by atoms with Crippen LogP contribution in [0.2, 0.25) is 10.0 Å². The van der Waals surface area contributed by atoms with Crippen LogP contribution in [0.3, 0.4) is 0 Å². The zero-order chi connectivity index (χ0) is 19.1. The number of carboxylic acids is 1. The summed E-state index contributed by atoms with van der Waals surface area (Å²) in [5.74, 6) is -0.314. The van der Waals surface area contributed by atoms with Gasteiger partial charge in [0.25, 0.3) is 0 Å². The normalized spacial score (nSPS) is 11.1. The van der Waals surface area contributed by atoms with E-state index in [-0.39, 0.29) is 5.56 Å². The topological polar surface area (TPSA) is 66.2 Å². The molecule has 0 N–H and O–H groups in total. The summed E-state index contributed by atoms with van der Waals surface area (Å²) < 4.78 is 6.63. The maximum atomic E-state index is 11.6. The summed E-state index contributed by atoms with van der Waals surface area (Å²) in [5, 5.41) is 13.1. The second-order valence-electron chi connectivity index (χ2n) is 5.83. The van der Waals surface area contributed by atoms with E-state index in [2.05, 4.69) is 20.9 Å². The van der Waals surface area contributed by atoms with Gasteiger partial charge in [0, 0.05) is 31.0 Å². The Hall–Kier alpha value is -2.34. The van der Waals surface area contributed by atoms with E-state index in [1.54, 1.807) is 48.5 Å². The second kappa shape index (κ2) is 7.00. The number of carbonyl (C=O) groups is 1. The first-order chi connectivity index (χ1) is 12.9. The number of hydrogen-bond acceptors (Lipinski definition) is 4. The van der Waals surface area contributed by atoms with Crippen LogP contribution in [-0.2, 0) is 0 Å². The number of carbonyl (C=O) groups excluding carboxylic acids is 1. The number of aromatic nitrogens is 1. The third kappa shape index (κ3) is 3.58. The van der Waals surface area contributed by atoms with Crippen molar-refractivity contribution in [3.8, 4) is 22.8 Å². The van der Waals surface area contributed by atoms with Gasteiger partial charge in [0.05, 0.1) is 11.5 Å². The average Bonchev–Trinajstić information content (AvgIpc) is 3.10. The molecule has 0 aliphatic heterocycles. The molecule has 4 rings (SSSR count). The molecule has 27 heavy (non-hydrogen) atoms. The quantitative estimate of drug-likeness (QED) is 0.398. The van der Waals surface area contributed by atoms with Gasteiger partial charge < -0.3 is 14.3 Å². The first-order valence-corrected chi connectivity index (χ1v) is 9.34. The molecule has 0 atom stereocenters. The van der Waals surface area contributed by atoms with Crippen molar-refractivity contribution in [3.63, 3.8) is 0 Å². The lowest BCUT2D eigenvalue weighted by Gasteiger charge is -2.10. The van der Waals surface area contributed by atoms with Crippen LogP contribution in [0.15, 0.2) is 63.5 Å². The SMILES string of the molecule is O=C([O-])c1cc(-c2ccc(-c3cc(Cl)cc(Cl)c3)o2)nc2ccc(Br)cc12. The highest BCUT2D eigenvalue weighted by Crippen LogP contribution is 2.33. The predicted molar refractivity (Wildman–Crippen MR) is 107 cm³/mol. The summed E-state index contributed by atoms with van der Waals surface area (Å²) in [6, 6.07) is 15.2. The second-order valence-corrected chi connectivity index (χ2v) is 7.61. The van der Waals surface area contributed by atoms with Crippen LogP contribution < -0.4 is 5.11 Å². The highest BCUT2D eigenvalue weighted by Gasteiger charge is 2.13. The molecule has 134 valence electrons. The Kier molecular flexibility index (Phi) is 4.68. The Balaban J connectivity index is 1.84. The first kappa shape index (κ1) is 18.0. The predicted octanol–water partition coefficient (Wildman–Crippen LogP) is 5.59. The molecule has 0 aliphatic rings. The number of aromatic carboxylic acids is 1. The highest BCUT2D eigenvalue weighted by atomic mass is 79.9. The van der Waals surface area contributed by atoms with Crippen molar-refractivity contribution >= 4 is 56.0 Å². The first-order valence-electron chi connectivity index (χ1n) is 7.79. The summed E-state index contributed by atoms with van der Waals surface area (Å²) in [4.78, 5) is 16.1. The van der Waals surface area contributed by atoms with Gasteiger partial charge in [-0.1, -0.05) is 39.1 Å². The third-order valence-electron chi connectivity index (χ3n) is 4.00. The standard InChI is InChI=1S/C20H10BrCl2NO3/c21-11-1-2-16-14(7-11)15(20(25)26)9-17(24-16)19-4-3-18(27-19)10-5-12(22)8-13(23)6-10/h1-9H,(H,25,26)/p-1. The molecule has 7 heteroatoms. The fourth-order valence-electron chi connectivity index (χ4n) is 2.82. The monoisotopic (exact) mass is 460 g/mol. The van der Waals surface area contributed by atoms with Crippen molar-refractivity contribution in [3.05, 3.63) is 74.7 Å². The van der Waals surface area contributed by atoms with Crippen molar-refractivity contribution in [2.45, 2.75) is 0 Å². The number of benzene rings is 2. The van der Waals surface area contributed by atoms with Crippen molar-refractivity contribution in [2.24, 2.45) is 0 Å². The molecule has 0 radical (unpaired) electrons. The molecule has 0 saturated carbocycles. The number of hydrogen-bond donors (Lipinski definition) is 0. The summed E-state index contributed by atoms with van der Waals surface area (Å²) in [5.41, 5.74) is 1.67. The van der Waals surface area contributed by atoms with Gasteiger partial charge in [0.2, 0.25) is 0 Å². The van der Waals surface area contributed by atoms with E-state index in [0.717, 1.165) is 4.47 Å². The molecule has 0 amide bonds. The van der Waals surface area contributed by atoms with Crippen molar-refractivity contribution < 1.29 is 14.3 Å². The lowest BCUT2D eigenvalue weighted by atomic mass is 10.1. The van der Waals surface area contributed by atoms with E-state index in [1.165, 1.54) is 6.07 Å². The molecule has 0 saturated heterocycles. The fourth-order valence-corrected chi connectivity index (χ4v) is 3.71. The summed E-state index contributed by atoms with van der Waals surface area (Å²) in [6.07, 6.45) is 0. The van der Waals surface area contributed by atoms with Gasteiger partial charge in [-0.05, 0) is 54.6 Å². The molecular weight excluding hydrogens is 453 g/mol. The lowest BCUT2D eigenvalue weighted by Crippen LogP contribution is -2.22. The van der Waals surface area contributed by atoms with Gasteiger partial charge in [-0.2, -0.15) is 0 Å². The van der Waals surface area contributed by atoms with Crippen LogP contribution in [0.1, 0.15) is 10.4 Å². The van der Waals surface area contributed by atoms with Gasteiger partial charge in [0.15, 0.2) is 5.76 Å². The zero-order valence-electron chi connectivity index (χ0n) is 13.5. The van der Waals surface area contributed by atoms with Crippen LogP contribution >= 0.6 is 39.1 Å². The number of halogens is 3. The molecular formula is C20H9BrCl2NO3-. The van der Waals surface area contributed by atoms with Crippen LogP contribution in [0, 0.1) is 0 Å². The van der Waals surface area contributed by atoms with Crippen molar-refractivity contribution in [2.75, 3.05) is 0 Å². The Morgan fingerprint density at radius 3 is 2.37 bits per heavy atom. The molecule has 0 spiro atoms. The van der Waals surface area contributed by atoms with E-state index in [0.29, 0.717) is 43.7 Å². The number of carboxylic acid groups (broad SMARTS) is 1. The summed E-state index contributed by atoms with van der Waals surface area (Å²) in [7, 11) is 0. The Morgan fingerprint density at radius 1 is 0.963 bits per heavy atom. The molecule has 2 aromatic carbocycles. The number of pyridine rings is 1. The van der Waals surface area contributed by atoms with Gasteiger partial charge >= 0.3 is 0 Å². The van der Waals surface area contributed by atoms with E-state index in [9.17, 15) is 9.90 Å². The molecule has 4 aromatic rings. The minimum Gasteiger partial charge on any atom is -0.545 e. The summed E-state index contributed by atoms with van der Waals surface area (Å²) in [6.45, 7) is 0. The average molecular weight is 462 g/mol. The molecule has 4 nitrogen and oxygen atoms in total. The van der Waals surface area contributed by atoms with E-state index < -0.39 is 5.97 Å². The number of furan rings is 1.